The largest absolute Gasteiger partial charge is 0.481 e. The molecule has 2 rings (SSSR count). The molecule has 1 aromatic carbocycles. The minimum atomic E-state index is -0.611. The number of benzene rings is 1. The van der Waals surface area contributed by atoms with E-state index in [1.807, 2.05) is 7.05 Å². The van der Waals surface area contributed by atoms with Crippen molar-refractivity contribution in [3.63, 3.8) is 0 Å². The van der Waals surface area contributed by atoms with Crippen LogP contribution in [0.1, 0.15) is 49.7 Å². The van der Waals surface area contributed by atoms with Crippen LogP contribution >= 0.6 is 0 Å². The van der Waals surface area contributed by atoms with Gasteiger partial charge >= 0.3 is 5.97 Å². The van der Waals surface area contributed by atoms with Crippen LogP contribution in [0.5, 0.6) is 0 Å². The molecular weight excluding hydrogens is 262 g/mol. The average molecular weight is 289 g/mol. The molecule has 0 radical (unpaired) electrons. The van der Waals surface area contributed by atoms with Crippen LogP contribution in [0.3, 0.4) is 0 Å². The maximum atomic E-state index is 11.8. The van der Waals surface area contributed by atoms with Crippen LogP contribution in [0, 0.1) is 12.3 Å². The van der Waals surface area contributed by atoms with Gasteiger partial charge in [0.2, 0.25) is 0 Å². The molecule has 1 fully saturated rings. The first-order valence-corrected chi connectivity index (χ1v) is 7.99. The summed E-state index contributed by atoms with van der Waals surface area (Å²) in [4.78, 5) is 14.0. The van der Waals surface area contributed by atoms with Crippen molar-refractivity contribution >= 4 is 5.97 Å². The zero-order chi connectivity index (χ0) is 15.3. The highest BCUT2D eigenvalue weighted by Gasteiger charge is 2.39. The highest BCUT2D eigenvalue weighted by molar-refractivity contribution is 5.75. The Morgan fingerprint density at radius 1 is 1.24 bits per heavy atom. The van der Waals surface area contributed by atoms with Gasteiger partial charge in [-0.3, -0.25) is 4.79 Å². The monoisotopic (exact) mass is 289 g/mol. The first kappa shape index (κ1) is 16.0. The predicted octanol–water partition coefficient (Wildman–Crippen LogP) is 3.85. The van der Waals surface area contributed by atoms with Gasteiger partial charge in [0.15, 0.2) is 0 Å². The molecule has 116 valence electrons. The molecule has 3 nitrogen and oxygen atoms in total. The molecule has 0 heterocycles. The third-order valence-corrected chi connectivity index (χ3v) is 4.62. The summed E-state index contributed by atoms with van der Waals surface area (Å²) in [7, 11) is 2.04. The van der Waals surface area contributed by atoms with Crippen molar-refractivity contribution in [1.29, 1.82) is 0 Å². The molecule has 1 saturated carbocycles. The molecule has 1 N–H and O–H groups in total. The molecule has 1 aliphatic carbocycles. The zero-order valence-corrected chi connectivity index (χ0v) is 13.3. The van der Waals surface area contributed by atoms with Gasteiger partial charge in [0.1, 0.15) is 0 Å². The number of hydrogen-bond acceptors (Lipinski definition) is 2. The van der Waals surface area contributed by atoms with Crippen LogP contribution in [0.25, 0.3) is 0 Å². The molecule has 0 aliphatic heterocycles. The van der Waals surface area contributed by atoms with Crippen molar-refractivity contribution in [3.05, 3.63) is 35.4 Å². The van der Waals surface area contributed by atoms with Crippen LogP contribution in [0.15, 0.2) is 24.3 Å². The van der Waals surface area contributed by atoms with E-state index in [4.69, 9.17) is 0 Å². The first-order chi connectivity index (χ1) is 10.0. The molecule has 21 heavy (non-hydrogen) atoms. The molecule has 3 heteroatoms. The van der Waals surface area contributed by atoms with Gasteiger partial charge < -0.3 is 10.0 Å². The van der Waals surface area contributed by atoms with Gasteiger partial charge in [-0.15, -0.1) is 0 Å². The van der Waals surface area contributed by atoms with E-state index in [1.165, 1.54) is 24.0 Å². The molecule has 1 aromatic rings. The number of nitrogens with zero attached hydrogens (tertiary/aromatic N) is 1. The van der Waals surface area contributed by atoms with Gasteiger partial charge in [0, 0.05) is 13.1 Å². The third-order valence-electron chi connectivity index (χ3n) is 4.62. The number of rotatable bonds is 5. The zero-order valence-electron chi connectivity index (χ0n) is 13.3. The van der Waals surface area contributed by atoms with Crippen molar-refractivity contribution in [2.24, 2.45) is 5.41 Å². The van der Waals surface area contributed by atoms with Crippen LogP contribution < -0.4 is 0 Å². The van der Waals surface area contributed by atoms with Gasteiger partial charge in [0.05, 0.1) is 5.41 Å². The number of aryl methyl sites for hydroxylation is 1. The summed E-state index contributed by atoms with van der Waals surface area (Å²) in [6.45, 7) is 3.56. The Bertz CT molecular complexity index is 476. The summed E-state index contributed by atoms with van der Waals surface area (Å²) in [6.07, 6.45) is 6.09. The summed E-state index contributed by atoms with van der Waals surface area (Å²) in [5.41, 5.74) is 1.96. The molecule has 0 bridgehead atoms. The maximum Gasteiger partial charge on any atom is 0.310 e. The van der Waals surface area contributed by atoms with E-state index in [1.54, 1.807) is 0 Å². The highest BCUT2D eigenvalue weighted by atomic mass is 16.4. The minimum Gasteiger partial charge on any atom is -0.481 e. The van der Waals surface area contributed by atoms with E-state index in [-0.39, 0.29) is 0 Å². The normalized spacial score (nSPS) is 18.4. The lowest BCUT2D eigenvalue weighted by Crippen LogP contribution is -2.41. The molecule has 0 unspecified atom stereocenters. The van der Waals surface area contributed by atoms with E-state index in [9.17, 15) is 9.90 Å². The van der Waals surface area contributed by atoms with Gasteiger partial charge in [-0.2, -0.15) is 0 Å². The van der Waals surface area contributed by atoms with E-state index in [2.05, 4.69) is 36.1 Å². The van der Waals surface area contributed by atoms with Crippen molar-refractivity contribution in [2.45, 2.75) is 52.0 Å². The lowest BCUT2D eigenvalue weighted by Gasteiger charge is -2.32. The molecule has 0 atom stereocenters. The molecule has 0 amide bonds. The third kappa shape index (κ3) is 4.31. The van der Waals surface area contributed by atoms with Gasteiger partial charge in [-0.05, 0) is 32.4 Å². The van der Waals surface area contributed by atoms with E-state index in [0.717, 1.165) is 32.2 Å². The summed E-state index contributed by atoms with van der Waals surface area (Å²) < 4.78 is 0. The van der Waals surface area contributed by atoms with E-state index < -0.39 is 11.4 Å². The fourth-order valence-corrected chi connectivity index (χ4v) is 3.54. The second kappa shape index (κ2) is 7.08. The fourth-order valence-electron chi connectivity index (χ4n) is 3.54. The van der Waals surface area contributed by atoms with Crippen molar-refractivity contribution < 1.29 is 9.90 Å². The Kier molecular flexibility index (Phi) is 5.40. The summed E-state index contributed by atoms with van der Waals surface area (Å²) >= 11 is 0. The molecule has 0 spiro atoms. The van der Waals surface area contributed by atoms with Gasteiger partial charge in [-0.1, -0.05) is 55.5 Å². The molecule has 0 aromatic heterocycles. The van der Waals surface area contributed by atoms with Crippen molar-refractivity contribution in [2.75, 3.05) is 13.6 Å². The quantitative estimate of drug-likeness (QED) is 0.837. The fraction of sp³-hybridized carbons (Fsp3) is 0.611. The first-order valence-electron chi connectivity index (χ1n) is 7.99. The summed E-state index contributed by atoms with van der Waals surface area (Å²) in [5.74, 6) is -0.611. The molecule has 0 saturated heterocycles. The Morgan fingerprint density at radius 3 is 2.48 bits per heavy atom. The average Bonchev–Trinajstić information content (AvgIpc) is 2.65. The van der Waals surface area contributed by atoms with Crippen LogP contribution in [-0.2, 0) is 11.3 Å². The standard InChI is InChI=1S/C18H27NO2/c1-15-8-7-9-16(12-15)13-19(2)14-18(17(20)21)10-5-3-4-6-11-18/h7-9,12H,3-6,10-11,13-14H2,1-2H3,(H,20,21). The Balaban J connectivity index is 2.04. The molecular formula is C18H27NO2. The highest BCUT2D eigenvalue weighted by Crippen LogP contribution is 2.36. The Morgan fingerprint density at radius 2 is 1.90 bits per heavy atom. The summed E-state index contributed by atoms with van der Waals surface area (Å²) in [6, 6.07) is 8.45. The molecule has 1 aliphatic rings. The number of carbonyl (C=O) groups is 1. The smallest absolute Gasteiger partial charge is 0.310 e. The Hall–Kier alpha value is -1.35. The number of aliphatic carboxylic acids is 1. The Labute approximate surface area is 128 Å². The van der Waals surface area contributed by atoms with Crippen LogP contribution in [0.4, 0.5) is 0 Å². The summed E-state index contributed by atoms with van der Waals surface area (Å²) in [5, 5.41) is 9.75. The minimum absolute atomic E-state index is 0.547. The SMILES string of the molecule is Cc1cccc(CN(C)CC2(C(=O)O)CCCCCC2)c1. The number of carboxylic acids is 1. The van der Waals surface area contributed by atoms with E-state index in [0.29, 0.717) is 6.54 Å². The van der Waals surface area contributed by atoms with Crippen molar-refractivity contribution in [1.82, 2.24) is 4.90 Å². The number of carboxylic acid groups (broad SMARTS) is 1. The predicted molar refractivity (Wildman–Crippen MR) is 85.3 cm³/mol. The van der Waals surface area contributed by atoms with Crippen molar-refractivity contribution in [3.8, 4) is 0 Å². The second-order valence-corrected chi connectivity index (χ2v) is 6.66. The van der Waals surface area contributed by atoms with Crippen LogP contribution in [0.2, 0.25) is 0 Å². The lowest BCUT2D eigenvalue weighted by molar-refractivity contribution is -0.151. The van der Waals surface area contributed by atoms with E-state index >= 15 is 0 Å². The van der Waals surface area contributed by atoms with Gasteiger partial charge in [0.25, 0.3) is 0 Å². The number of hydrogen-bond donors (Lipinski definition) is 1. The lowest BCUT2D eigenvalue weighted by atomic mass is 9.80. The second-order valence-electron chi connectivity index (χ2n) is 6.66. The topological polar surface area (TPSA) is 40.5 Å². The maximum absolute atomic E-state index is 11.8. The van der Waals surface area contributed by atoms with Crippen LogP contribution in [-0.4, -0.2) is 29.6 Å². The van der Waals surface area contributed by atoms with Gasteiger partial charge in [-0.25, -0.2) is 0 Å².